The fourth-order valence-corrected chi connectivity index (χ4v) is 3.30. The summed E-state index contributed by atoms with van der Waals surface area (Å²) >= 11 is 11.4. The van der Waals surface area contributed by atoms with Crippen molar-refractivity contribution in [1.29, 1.82) is 0 Å². The zero-order valence-corrected chi connectivity index (χ0v) is 18.4. The predicted molar refractivity (Wildman–Crippen MR) is 126 cm³/mol. The fraction of sp³-hybridized carbons (Fsp3) is 0.167. The van der Waals surface area contributed by atoms with Gasteiger partial charge in [-0.25, -0.2) is 4.39 Å². The van der Waals surface area contributed by atoms with E-state index in [9.17, 15) is 9.18 Å². The van der Waals surface area contributed by atoms with Crippen molar-refractivity contribution in [2.75, 3.05) is 6.54 Å². The Morgan fingerprint density at radius 2 is 1.55 bits per heavy atom. The molecule has 0 unspecified atom stereocenters. The first kappa shape index (κ1) is 22.7. The Morgan fingerprint density at radius 3 is 2.26 bits per heavy atom. The lowest BCUT2D eigenvalue weighted by atomic mass is 10.1. The minimum atomic E-state index is -0.288. The first-order valence-electron chi connectivity index (χ1n) is 9.82. The number of rotatable bonds is 8. The molecule has 160 valence electrons. The normalized spacial score (nSPS) is 10.4. The van der Waals surface area contributed by atoms with Crippen LogP contribution in [0.1, 0.15) is 16.7 Å². The Hall–Kier alpha value is -2.96. The maximum atomic E-state index is 14.2. The van der Waals surface area contributed by atoms with Crippen molar-refractivity contribution in [2.45, 2.75) is 19.6 Å². The summed E-state index contributed by atoms with van der Waals surface area (Å²) in [5.41, 5.74) is 2.52. The number of hydrogen-bond acceptors (Lipinski definition) is 2. The van der Waals surface area contributed by atoms with Crippen molar-refractivity contribution in [3.05, 3.63) is 106 Å². The third-order valence-corrected chi connectivity index (χ3v) is 5.28. The molecule has 0 aliphatic rings. The maximum Gasteiger partial charge on any atom is 0.239 e. The summed E-state index contributed by atoms with van der Waals surface area (Å²) < 4.78 is 14.2. The number of halogens is 2. The molecular weight excluding hydrogens is 433 g/mol. The van der Waals surface area contributed by atoms with Gasteiger partial charge in [0.25, 0.3) is 0 Å². The van der Waals surface area contributed by atoms with Crippen molar-refractivity contribution in [3.8, 4) is 0 Å². The Kier molecular flexibility index (Phi) is 8.38. The third-order valence-electron chi connectivity index (χ3n) is 4.63. The van der Waals surface area contributed by atoms with Crippen molar-refractivity contribution >= 4 is 34.8 Å². The molecule has 0 spiro atoms. The highest BCUT2D eigenvalue weighted by molar-refractivity contribution is 7.80. The van der Waals surface area contributed by atoms with E-state index in [1.54, 1.807) is 30.3 Å². The van der Waals surface area contributed by atoms with Crippen molar-refractivity contribution < 1.29 is 9.18 Å². The van der Waals surface area contributed by atoms with Gasteiger partial charge in [-0.2, -0.15) is 0 Å². The third kappa shape index (κ3) is 7.35. The van der Waals surface area contributed by atoms with E-state index in [1.165, 1.54) is 6.07 Å². The number of thiocarbonyl (C=S) groups is 1. The molecule has 1 amide bonds. The molecule has 0 bridgehead atoms. The van der Waals surface area contributed by atoms with Gasteiger partial charge in [0.15, 0.2) is 5.11 Å². The van der Waals surface area contributed by atoms with Crippen LogP contribution in [-0.2, 0) is 24.4 Å². The Morgan fingerprint density at radius 1 is 0.871 bits per heavy atom. The van der Waals surface area contributed by atoms with Crippen LogP contribution in [0.5, 0.6) is 0 Å². The van der Waals surface area contributed by atoms with E-state index >= 15 is 0 Å². The van der Waals surface area contributed by atoms with Crippen LogP contribution >= 0.6 is 23.8 Å². The molecule has 0 atom stereocenters. The summed E-state index contributed by atoms with van der Waals surface area (Å²) in [6.07, 6.45) is 0. The molecule has 0 heterocycles. The smallest absolute Gasteiger partial charge is 0.239 e. The lowest BCUT2D eigenvalue weighted by Gasteiger charge is -2.26. The number of amides is 1. The Bertz CT molecular complexity index is 1010. The monoisotopic (exact) mass is 455 g/mol. The van der Waals surface area contributed by atoms with Gasteiger partial charge in [0.2, 0.25) is 5.91 Å². The highest BCUT2D eigenvalue weighted by Crippen LogP contribution is 2.13. The van der Waals surface area contributed by atoms with E-state index in [0.717, 1.165) is 11.1 Å². The van der Waals surface area contributed by atoms with Crippen molar-refractivity contribution in [1.82, 2.24) is 15.5 Å². The van der Waals surface area contributed by atoms with E-state index < -0.39 is 0 Å². The summed E-state index contributed by atoms with van der Waals surface area (Å²) in [6, 6.07) is 23.7. The lowest BCUT2D eigenvalue weighted by molar-refractivity contribution is -0.120. The minimum absolute atomic E-state index is 0.0228. The molecule has 0 radical (unpaired) electrons. The van der Waals surface area contributed by atoms with Crippen LogP contribution < -0.4 is 10.6 Å². The second-order valence-corrected chi connectivity index (χ2v) is 7.82. The zero-order valence-electron chi connectivity index (χ0n) is 16.9. The molecule has 0 aliphatic carbocycles. The van der Waals surface area contributed by atoms with E-state index in [4.69, 9.17) is 23.8 Å². The molecule has 31 heavy (non-hydrogen) atoms. The number of carbonyl (C=O) groups excluding carboxylic acids is 1. The SMILES string of the molecule is O=C(CNC(=S)N(Cc1ccccc1)Cc1ccccc1F)NCc1ccc(Cl)cc1. The van der Waals surface area contributed by atoms with E-state index in [2.05, 4.69) is 10.6 Å². The number of carbonyl (C=O) groups is 1. The summed E-state index contributed by atoms with van der Waals surface area (Å²) in [7, 11) is 0. The van der Waals surface area contributed by atoms with Gasteiger partial charge >= 0.3 is 0 Å². The van der Waals surface area contributed by atoms with E-state index in [0.29, 0.717) is 35.3 Å². The molecule has 0 fully saturated rings. The molecule has 0 saturated carbocycles. The maximum absolute atomic E-state index is 14.2. The van der Waals surface area contributed by atoms with Crippen LogP contribution in [0, 0.1) is 5.82 Å². The molecule has 3 aromatic rings. The minimum Gasteiger partial charge on any atom is -0.353 e. The predicted octanol–water partition coefficient (Wildman–Crippen LogP) is 4.67. The largest absolute Gasteiger partial charge is 0.353 e. The van der Waals surface area contributed by atoms with Gasteiger partial charge in [0.1, 0.15) is 5.82 Å². The van der Waals surface area contributed by atoms with Gasteiger partial charge in [-0.05, 0) is 41.5 Å². The standard InChI is InChI=1S/C24H23ClFN3OS/c25-21-12-10-18(11-13-21)14-27-23(30)15-28-24(31)29(16-19-6-2-1-3-7-19)17-20-8-4-5-9-22(20)26/h1-13H,14-17H2,(H,27,30)(H,28,31). The molecular formula is C24H23ClFN3OS. The van der Waals surface area contributed by atoms with E-state index in [1.807, 2.05) is 47.4 Å². The van der Waals surface area contributed by atoms with Crippen LogP contribution in [0.4, 0.5) is 4.39 Å². The second-order valence-electron chi connectivity index (χ2n) is 6.99. The first-order chi connectivity index (χ1) is 15.0. The van der Waals surface area contributed by atoms with E-state index in [-0.39, 0.29) is 18.3 Å². The van der Waals surface area contributed by atoms with Gasteiger partial charge in [-0.1, -0.05) is 72.3 Å². The van der Waals surface area contributed by atoms with Gasteiger partial charge < -0.3 is 15.5 Å². The highest BCUT2D eigenvalue weighted by atomic mass is 35.5. The molecule has 7 heteroatoms. The summed E-state index contributed by atoms with van der Waals surface area (Å²) in [5, 5.41) is 6.86. The Labute approximate surface area is 192 Å². The summed E-state index contributed by atoms with van der Waals surface area (Å²) in [4.78, 5) is 14.1. The molecule has 3 rings (SSSR count). The van der Waals surface area contributed by atoms with Gasteiger partial charge in [-0.15, -0.1) is 0 Å². The van der Waals surface area contributed by atoms with Crippen LogP contribution in [0.3, 0.4) is 0 Å². The van der Waals surface area contributed by atoms with Gasteiger partial charge in [0, 0.05) is 30.2 Å². The molecule has 0 aromatic heterocycles. The topological polar surface area (TPSA) is 44.4 Å². The number of hydrogen-bond donors (Lipinski definition) is 2. The average Bonchev–Trinajstić information content (AvgIpc) is 2.78. The quantitative estimate of drug-likeness (QED) is 0.484. The number of benzene rings is 3. The van der Waals surface area contributed by atoms with Crippen LogP contribution in [0.15, 0.2) is 78.9 Å². The summed E-state index contributed by atoms with van der Waals surface area (Å²) in [5.74, 6) is -0.480. The molecule has 4 nitrogen and oxygen atoms in total. The highest BCUT2D eigenvalue weighted by Gasteiger charge is 2.14. The zero-order chi connectivity index (χ0) is 22.1. The van der Waals surface area contributed by atoms with Crippen molar-refractivity contribution in [2.24, 2.45) is 0 Å². The molecule has 0 saturated heterocycles. The second kappa shape index (κ2) is 11.4. The number of nitrogens with zero attached hydrogens (tertiary/aromatic N) is 1. The molecule has 0 aliphatic heterocycles. The van der Waals surface area contributed by atoms with Crippen LogP contribution in [0.2, 0.25) is 5.02 Å². The first-order valence-corrected chi connectivity index (χ1v) is 10.6. The molecule has 3 aromatic carbocycles. The fourth-order valence-electron chi connectivity index (χ4n) is 2.97. The Balaban J connectivity index is 1.58. The van der Waals surface area contributed by atoms with Gasteiger partial charge in [-0.3, -0.25) is 4.79 Å². The number of nitrogens with one attached hydrogen (secondary N) is 2. The lowest BCUT2D eigenvalue weighted by Crippen LogP contribution is -2.43. The average molecular weight is 456 g/mol. The summed E-state index contributed by atoms with van der Waals surface area (Å²) in [6.45, 7) is 1.20. The van der Waals surface area contributed by atoms with Crippen LogP contribution in [0.25, 0.3) is 0 Å². The van der Waals surface area contributed by atoms with Crippen LogP contribution in [-0.4, -0.2) is 22.5 Å². The molecule has 2 N–H and O–H groups in total. The van der Waals surface area contributed by atoms with Gasteiger partial charge in [0.05, 0.1) is 6.54 Å². The van der Waals surface area contributed by atoms with Crippen molar-refractivity contribution in [3.63, 3.8) is 0 Å².